The van der Waals surface area contributed by atoms with Crippen molar-refractivity contribution in [2.24, 2.45) is 0 Å². The maximum Gasteiger partial charge on any atom is 0.226 e. The highest BCUT2D eigenvalue weighted by Gasteiger charge is 2.11. The summed E-state index contributed by atoms with van der Waals surface area (Å²) in [4.78, 5) is 8.13. The highest BCUT2D eigenvalue weighted by Crippen LogP contribution is 2.32. The molecule has 1 aromatic heterocycles. The molecule has 20 heavy (non-hydrogen) atoms. The average molecular weight is 337 g/mol. The summed E-state index contributed by atoms with van der Waals surface area (Å²) < 4.78 is 6.88. The van der Waals surface area contributed by atoms with Crippen molar-refractivity contribution in [1.82, 2.24) is 9.97 Å². The van der Waals surface area contributed by atoms with Crippen LogP contribution in [0.15, 0.2) is 28.7 Å². The Morgan fingerprint density at radius 3 is 2.65 bits per heavy atom. The van der Waals surface area contributed by atoms with Gasteiger partial charge in [0, 0.05) is 17.6 Å². The third-order valence-electron chi connectivity index (χ3n) is 2.78. The van der Waals surface area contributed by atoms with Crippen LogP contribution in [0.2, 0.25) is 0 Å². The van der Waals surface area contributed by atoms with E-state index in [9.17, 15) is 0 Å². The summed E-state index contributed by atoms with van der Waals surface area (Å²) in [6.45, 7) is 4.23. The SMILES string of the molecule is CNc1cc(Oc2ccc(Br)cc2C(C)C)nc(N)n1. The van der Waals surface area contributed by atoms with Gasteiger partial charge in [0.2, 0.25) is 11.8 Å². The second-order valence-electron chi connectivity index (χ2n) is 4.64. The number of nitrogen functional groups attached to an aromatic ring is 1. The smallest absolute Gasteiger partial charge is 0.226 e. The Balaban J connectivity index is 2.37. The van der Waals surface area contributed by atoms with E-state index in [4.69, 9.17) is 10.5 Å². The molecule has 0 saturated carbocycles. The Kier molecular flexibility index (Phi) is 4.44. The van der Waals surface area contributed by atoms with Crippen molar-refractivity contribution in [3.8, 4) is 11.6 Å². The molecular formula is C14H17BrN4O. The highest BCUT2D eigenvalue weighted by molar-refractivity contribution is 9.10. The van der Waals surface area contributed by atoms with Gasteiger partial charge in [0.25, 0.3) is 0 Å². The van der Waals surface area contributed by atoms with Crippen molar-refractivity contribution in [3.63, 3.8) is 0 Å². The zero-order valence-corrected chi connectivity index (χ0v) is 13.2. The second kappa shape index (κ2) is 6.09. The molecule has 0 unspecified atom stereocenters. The molecule has 6 heteroatoms. The van der Waals surface area contributed by atoms with Crippen LogP contribution < -0.4 is 15.8 Å². The first kappa shape index (κ1) is 14.6. The molecule has 0 aliphatic carbocycles. The standard InChI is InChI=1S/C14H17BrN4O/c1-8(2)10-6-9(15)4-5-11(10)20-13-7-12(17-3)18-14(16)19-13/h4-8H,1-3H3,(H3,16,17,18,19). The minimum absolute atomic E-state index is 0.176. The van der Waals surface area contributed by atoms with E-state index in [0.717, 1.165) is 15.8 Å². The molecule has 0 fully saturated rings. The predicted molar refractivity (Wildman–Crippen MR) is 84.3 cm³/mol. The number of anilines is 2. The first-order valence-corrected chi connectivity index (χ1v) is 7.08. The van der Waals surface area contributed by atoms with Gasteiger partial charge in [0.15, 0.2) is 0 Å². The molecule has 0 saturated heterocycles. The number of benzene rings is 1. The Bertz CT molecular complexity index is 616. The van der Waals surface area contributed by atoms with Crippen LogP contribution in [0.1, 0.15) is 25.3 Å². The molecule has 2 aromatic rings. The van der Waals surface area contributed by atoms with Gasteiger partial charge in [0.05, 0.1) is 0 Å². The summed E-state index contributed by atoms with van der Waals surface area (Å²) in [5.41, 5.74) is 6.76. The van der Waals surface area contributed by atoms with Crippen LogP contribution in [-0.2, 0) is 0 Å². The number of nitrogens with two attached hydrogens (primary N) is 1. The molecule has 2 rings (SSSR count). The lowest BCUT2D eigenvalue weighted by molar-refractivity contribution is 0.454. The quantitative estimate of drug-likeness (QED) is 0.888. The van der Waals surface area contributed by atoms with Crippen LogP contribution in [0.25, 0.3) is 0 Å². The number of nitrogens with zero attached hydrogens (tertiary/aromatic N) is 2. The molecule has 0 bridgehead atoms. The number of hydrogen-bond donors (Lipinski definition) is 2. The lowest BCUT2D eigenvalue weighted by Crippen LogP contribution is -2.02. The number of hydrogen-bond acceptors (Lipinski definition) is 5. The number of aromatic nitrogens is 2. The molecule has 5 nitrogen and oxygen atoms in total. The average Bonchev–Trinajstić information content (AvgIpc) is 2.40. The van der Waals surface area contributed by atoms with Gasteiger partial charge in [-0.1, -0.05) is 29.8 Å². The molecule has 0 atom stereocenters. The molecule has 0 aliphatic rings. The summed E-state index contributed by atoms with van der Waals surface area (Å²) in [6, 6.07) is 7.60. The van der Waals surface area contributed by atoms with Crippen LogP contribution in [0, 0.1) is 0 Å². The third kappa shape index (κ3) is 3.39. The van der Waals surface area contributed by atoms with Crippen LogP contribution in [0.4, 0.5) is 11.8 Å². The largest absolute Gasteiger partial charge is 0.438 e. The molecule has 0 aliphatic heterocycles. The highest BCUT2D eigenvalue weighted by atomic mass is 79.9. The van der Waals surface area contributed by atoms with E-state index in [1.54, 1.807) is 13.1 Å². The normalized spacial score (nSPS) is 10.7. The summed E-state index contributed by atoms with van der Waals surface area (Å²) in [6.07, 6.45) is 0. The van der Waals surface area contributed by atoms with E-state index in [-0.39, 0.29) is 5.95 Å². The van der Waals surface area contributed by atoms with E-state index in [1.165, 1.54) is 0 Å². The Morgan fingerprint density at radius 1 is 1.25 bits per heavy atom. The van der Waals surface area contributed by atoms with E-state index >= 15 is 0 Å². The zero-order valence-electron chi connectivity index (χ0n) is 11.6. The van der Waals surface area contributed by atoms with Crippen LogP contribution in [0.3, 0.4) is 0 Å². The fraction of sp³-hybridized carbons (Fsp3) is 0.286. The molecule has 106 valence electrons. The minimum atomic E-state index is 0.176. The van der Waals surface area contributed by atoms with Crippen LogP contribution in [0.5, 0.6) is 11.6 Å². The number of nitrogens with one attached hydrogen (secondary N) is 1. The molecule has 0 radical (unpaired) electrons. The molecule has 0 spiro atoms. The monoisotopic (exact) mass is 336 g/mol. The number of ether oxygens (including phenoxy) is 1. The van der Waals surface area contributed by atoms with E-state index in [0.29, 0.717) is 17.6 Å². The summed E-state index contributed by atoms with van der Waals surface area (Å²) >= 11 is 3.47. The number of halogens is 1. The van der Waals surface area contributed by atoms with Gasteiger partial charge in [-0.3, -0.25) is 0 Å². The maximum atomic E-state index is 5.86. The van der Waals surface area contributed by atoms with Gasteiger partial charge >= 0.3 is 0 Å². The second-order valence-corrected chi connectivity index (χ2v) is 5.55. The summed E-state index contributed by atoms with van der Waals surface area (Å²) in [5.74, 6) is 2.32. The Labute approximate surface area is 126 Å². The van der Waals surface area contributed by atoms with Crippen molar-refractivity contribution in [3.05, 3.63) is 34.3 Å². The van der Waals surface area contributed by atoms with Crippen molar-refractivity contribution in [2.45, 2.75) is 19.8 Å². The topological polar surface area (TPSA) is 73.1 Å². The molecule has 0 amide bonds. The number of rotatable bonds is 4. The lowest BCUT2D eigenvalue weighted by Gasteiger charge is -2.14. The lowest BCUT2D eigenvalue weighted by atomic mass is 10.0. The van der Waals surface area contributed by atoms with Gasteiger partial charge in [-0.05, 0) is 29.7 Å². The van der Waals surface area contributed by atoms with Gasteiger partial charge in [-0.25, -0.2) is 0 Å². The van der Waals surface area contributed by atoms with Crippen molar-refractivity contribution >= 4 is 27.7 Å². The van der Waals surface area contributed by atoms with Gasteiger partial charge < -0.3 is 15.8 Å². The Morgan fingerprint density at radius 2 is 2.00 bits per heavy atom. The van der Waals surface area contributed by atoms with Crippen LogP contribution in [-0.4, -0.2) is 17.0 Å². The Hall–Kier alpha value is -1.82. The van der Waals surface area contributed by atoms with Gasteiger partial charge in [-0.2, -0.15) is 9.97 Å². The van der Waals surface area contributed by atoms with E-state index in [1.807, 2.05) is 18.2 Å². The molecular weight excluding hydrogens is 320 g/mol. The molecule has 3 N–H and O–H groups in total. The minimum Gasteiger partial charge on any atom is -0.438 e. The van der Waals surface area contributed by atoms with Crippen molar-refractivity contribution in [2.75, 3.05) is 18.1 Å². The third-order valence-corrected chi connectivity index (χ3v) is 3.28. The van der Waals surface area contributed by atoms with Crippen molar-refractivity contribution < 1.29 is 4.74 Å². The first-order valence-electron chi connectivity index (χ1n) is 6.29. The summed E-state index contributed by atoms with van der Waals surface area (Å²) in [7, 11) is 1.77. The fourth-order valence-corrected chi connectivity index (χ4v) is 2.18. The maximum absolute atomic E-state index is 5.86. The molecule has 1 aromatic carbocycles. The van der Waals surface area contributed by atoms with E-state index in [2.05, 4.69) is 45.1 Å². The van der Waals surface area contributed by atoms with Crippen LogP contribution >= 0.6 is 15.9 Å². The van der Waals surface area contributed by atoms with Gasteiger partial charge in [0.1, 0.15) is 11.6 Å². The van der Waals surface area contributed by atoms with E-state index < -0.39 is 0 Å². The summed E-state index contributed by atoms with van der Waals surface area (Å²) in [5, 5.41) is 2.92. The van der Waals surface area contributed by atoms with Crippen molar-refractivity contribution in [1.29, 1.82) is 0 Å². The van der Waals surface area contributed by atoms with Gasteiger partial charge in [-0.15, -0.1) is 0 Å². The molecule has 1 heterocycles. The fourth-order valence-electron chi connectivity index (χ4n) is 1.80. The zero-order chi connectivity index (χ0) is 14.7. The first-order chi connectivity index (χ1) is 9.49. The predicted octanol–water partition coefficient (Wildman–Crippen LogP) is 3.78.